The molecule has 0 N–H and O–H groups in total. The average molecular weight is 297 g/mol. The van der Waals surface area contributed by atoms with Gasteiger partial charge in [-0.25, -0.2) is 4.98 Å². The molecule has 114 valence electrons. The highest BCUT2D eigenvalue weighted by Gasteiger charge is 2.23. The monoisotopic (exact) mass is 297 g/mol. The van der Waals surface area contributed by atoms with Crippen LogP contribution in [0.3, 0.4) is 0 Å². The van der Waals surface area contributed by atoms with E-state index in [1.54, 1.807) is 7.11 Å². The van der Waals surface area contributed by atoms with E-state index in [4.69, 9.17) is 9.26 Å². The van der Waals surface area contributed by atoms with E-state index in [9.17, 15) is 0 Å². The standard InChI is InChI=1S/C17H19N3O2/c1-10-6-7-11-9-12(15(21-5)18-13(11)8-10)14-19-16(22-20-14)17(2,3)4/h6-9H,1-5H3. The van der Waals surface area contributed by atoms with Crippen LogP contribution in [0.25, 0.3) is 22.3 Å². The largest absolute Gasteiger partial charge is 0.480 e. The topological polar surface area (TPSA) is 61.0 Å². The second-order valence-electron chi connectivity index (χ2n) is 6.41. The molecule has 0 radical (unpaired) electrons. The van der Waals surface area contributed by atoms with E-state index in [-0.39, 0.29) is 5.41 Å². The lowest BCUT2D eigenvalue weighted by Crippen LogP contribution is -2.11. The lowest BCUT2D eigenvalue weighted by atomic mass is 9.97. The van der Waals surface area contributed by atoms with Gasteiger partial charge in [-0.3, -0.25) is 0 Å². The number of methoxy groups -OCH3 is 1. The van der Waals surface area contributed by atoms with Crippen molar-refractivity contribution in [3.63, 3.8) is 0 Å². The van der Waals surface area contributed by atoms with Crippen molar-refractivity contribution in [2.75, 3.05) is 7.11 Å². The van der Waals surface area contributed by atoms with Gasteiger partial charge in [0.1, 0.15) is 0 Å². The first kappa shape index (κ1) is 14.5. The first-order valence-electron chi connectivity index (χ1n) is 7.18. The first-order chi connectivity index (χ1) is 10.4. The minimum Gasteiger partial charge on any atom is -0.480 e. The van der Waals surface area contributed by atoms with Gasteiger partial charge in [0.05, 0.1) is 18.2 Å². The van der Waals surface area contributed by atoms with E-state index in [0.717, 1.165) is 22.0 Å². The fraction of sp³-hybridized carbons (Fsp3) is 0.353. The van der Waals surface area contributed by atoms with Gasteiger partial charge in [-0.1, -0.05) is 38.1 Å². The van der Waals surface area contributed by atoms with Gasteiger partial charge in [0.2, 0.25) is 17.6 Å². The fourth-order valence-corrected chi connectivity index (χ4v) is 2.21. The molecule has 0 saturated heterocycles. The van der Waals surface area contributed by atoms with Gasteiger partial charge in [-0.2, -0.15) is 4.98 Å². The highest BCUT2D eigenvalue weighted by Crippen LogP contribution is 2.31. The van der Waals surface area contributed by atoms with Crippen LogP contribution in [0.1, 0.15) is 32.2 Å². The molecule has 0 aliphatic carbocycles. The Kier molecular flexibility index (Phi) is 3.35. The van der Waals surface area contributed by atoms with Gasteiger partial charge in [0, 0.05) is 10.8 Å². The van der Waals surface area contributed by atoms with E-state index >= 15 is 0 Å². The zero-order valence-corrected chi connectivity index (χ0v) is 13.5. The SMILES string of the molecule is COc1nc2cc(C)ccc2cc1-c1noc(C(C)(C)C)n1. The highest BCUT2D eigenvalue weighted by atomic mass is 16.5. The van der Waals surface area contributed by atoms with E-state index in [2.05, 4.69) is 21.2 Å². The maximum Gasteiger partial charge on any atom is 0.232 e. The van der Waals surface area contributed by atoms with Crippen LogP contribution in [-0.4, -0.2) is 22.2 Å². The number of ether oxygens (including phenoxy) is 1. The second-order valence-corrected chi connectivity index (χ2v) is 6.41. The van der Waals surface area contributed by atoms with Crippen molar-refractivity contribution in [3.05, 3.63) is 35.7 Å². The molecular weight excluding hydrogens is 278 g/mol. The number of hydrogen-bond acceptors (Lipinski definition) is 5. The minimum absolute atomic E-state index is 0.195. The molecule has 0 atom stereocenters. The predicted octanol–water partition coefficient (Wildman–Crippen LogP) is 3.90. The van der Waals surface area contributed by atoms with Crippen LogP contribution in [-0.2, 0) is 5.41 Å². The zero-order chi connectivity index (χ0) is 15.9. The lowest BCUT2D eigenvalue weighted by Gasteiger charge is -2.10. The molecule has 3 aromatic rings. The number of pyridine rings is 1. The van der Waals surface area contributed by atoms with Crippen molar-refractivity contribution < 1.29 is 9.26 Å². The van der Waals surface area contributed by atoms with Crippen molar-refractivity contribution >= 4 is 10.9 Å². The van der Waals surface area contributed by atoms with Crippen molar-refractivity contribution in [3.8, 4) is 17.3 Å². The molecular formula is C17H19N3O2. The molecule has 0 aliphatic heterocycles. The number of benzene rings is 1. The van der Waals surface area contributed by atoms with Crippen molar-refractivity contribution in [1.82, 2.24) is 15.1 Å². The summed E-state index contributed by atoms with van der Waals surface area (Å²) in [7, 11) is 1.60. The number of fused-ring (bicyclic) bond motifs is 1. The number of rotatable bonds is 2. The molecule has 22 heavy (non-hydrogen) atoms. The molecule has 0 spiro atoms. The Morgan fingerprint density at radius 3 is 2.50 bits per heavy atom. The van der Waals surface area contributed by atoms with E-state index in [1.807, 2.05) is 45.9 Å². The van der Waals surface area contributed by atoms with Crippen molar-refractivity contribution in [2.45, 2.75) is 33.1 Å². The van der Waals surface area contributed by atoms with E-state index in [1.165, 1.54) is 0 Å². The summed E-state index contributed by atoms with van der Waals surface area (Å²) in [5, 5.41) is 5.10. The van der Waals surface area contributed by atoms with Crippen LogP contribution in [0.2, 0.25) is 0 Å². The predicted molar refractivity (Wildman–Crippen MR) is 85.0 cm³/mol. The van der Waals surface area contributed by atoms with Crippen LogP contribution < -0.4 is 4.74 Å². The average Bonchev–Trinajstić information content (AvgIpc) is 2.95. The zero-order valence-electron chi connectivity index (χ0n) is 13.5. The maximum atomic E-state index is 5.41. The normalized spacial score (nSPS) is 11.9. The Morgan fingerprint density at radius 2 is 1.86 bits per heavy atom. The van der Waals surface area contributed by atoms with Crippen LogP contribution >= 0.6 is 0 Å². The van der Waals surface area contributed by atoms with Gasteiger partial charge in [0.25, 0.3) is 0 Å². The summed E-state index contributed by atoms with van der Waals surface area (Å²) in [5.74, 6) is 1.59. The van der Waals surface area contributed by atoms with Gasteiger partial charge >= 0.3 is 0 Å². The van der Waals surface area contributed by atoms with Gasteiger partial charge < -0.3 is 9.26 Å². The summed E-state index contributed by atoms with van der Waals surface area (Å²) in [6.07, 6.45) is 0. The maximum absolute atomic E-state index is 5.41. The van der Waals surface area contributed by atoms with E-state index in [0.29, 0.717) is 17.6 Å². The van der Waals surface area contributed by atoms with Crippen molar-refractivity contribution in [2.24, 2.45) is 0 Å². The number of hydrogen-bond donors (Lipinski definition) is 0. The Hall–Kier alpha value is -2.43. The molecule has 0 amide bonds. The molecule has 1 aromatic carbocycles. The lowest BCUT2D eigenvalue weighted by molar-refractivity contribution is 0.321. The molecule has 5 heteroatoms. The first-order valence-corrected chi connectivity index (χ1v) is 7.18. The van der Waals surface area contributed by atoms with Crippen LogP contribution in [0.4, 0.5) is 0 Å². The molecule has 0 saturated carbocycles. The van der Waals surface area contributed by atoms with Gasteiger partial charge in [-0.05, 0) is 24.6 Å². The molecule has 0 aliphatic rings. The Morgan fingerprint density at radius 1 is 1.09 bits per heavy atom. The quantitative estimate of drug-likeness (QED) is 0.718. The highest BCUT2D eigenvalue weighted by molar-refractivity contribution is 5.85. The minimum atomic E-state index is -0.195. The molecule has 2 aromatic heterocycles. The summed E-state index contributed by atoms with van der Waals surface area (Å²) >= 11 is 0. The second kappa shape index (κ2) is 5.09. The third-order valence-electron chi connectivity index (χ3n) is 3.44. The molecule has 0 bridgehead atoms. The van der Waals surface area contributed by atoms with Crippen LogP contribution in [0.15, 0.2) is 28.8 Å². The third kappa shape index (κ3) is 2.54. The third-order valence-corrected chi connectivity index (χ3v) is 3.44. The number of nitrogens with zero attached hydrogens (tertiary/aromatic N) is 3. The van der Waals surface area contributed by atoms with Crippen molar-refractivity contribution in [1.29, 1.82) is 0 Å². The van der Waals surface area contributed by atoms with E-state index < -0.39 is 0 Å². The molecule has 5 nitrogen and oxygen atoms in total. The summed E-state index contributed by atoms with van der Waals surface area (Å²) in [6, 6.07) is 8.10. The van der Waals surface area contributed by atoms with Gasteiger partial charge in [-0.15, -0.1) is 0 Å². The molecule has 0 unspecified atom stereocenters. The fourth-order valence-electron chi connectivity index (χ4n) is 2.21. The Bertz CT molecular complexity index is 832. The molecule has 3 rings (SSSR count). The van der Waals surface area contributed by atoms with Crippen LogP contribution in [0, 0.1) is 6.92 Å². The number of aromatic nitrogens is 3. The smallest absolute Gasteiger partial charge is 0.232 e. The Balaban J connectivity index is 2.17. The molecule has 0 fully saturated rings. The summed E-state index contributed by atoms with van der Waals surface area (Å²) in [4.78, 5) is 9.05. The summed E-state index contributed by atoms with van der Waals surface area (Å²) < 4.78 is 10.8. The summed E-state index contributed by atoms with van der Waals surface area (Å²) in [5.41, 5.74) is 2.59. The molecule has 2 heterocycles. The van der Waals surface area contributed by atoms with Gasteiger partial charge in [0.15, 0.2) is 0 Å². The summed E-state index contributed by atoms with van der Waals surface area (Å²) in [6.45, 7) is 8.13. The van der Waals surface area contributed by atoms with Crippen LogP contribution in [0.5, 0.6) is 5.88 Å². The Labute approximate surface area is 129 Å². The number of aryl methyl sites for hydroxylation is 1.